The smallest absolute Gasteiger partial charge is 0.252 e. The predicted molar refractivity (Wildman–Crippen MR) is 68.2 cm³/mol. The first kappa shape index (κ1) is 8.95. The summed E-state index contributed by atoms with van der Waals surface area (Å²) in [6.07, 6.45) is 0. The first-order valence-electron chi connectivity index (χ1n) is 5.27. The summed E-state index contributed by atoms with van der Waals surface area (Å²) in [6.45, 7) is 0. The van der Waals surface area contributed by atoms with Gasteiger partial charge in [-0.1, -0.05) is 12.1 Å². The van der Waals surface area contributed by atoms with Gasteiger partial charge in [0.15, 0.2) is 5.82 Å². The summed E-state index contributed by atoms with van der Waals surface area (Å²) in [6, 6.07) is 10.0. The Morgan fingerprint density at radius 2 is 2.06 bits per heavy atom. The van der Waals surface area contributed by atoms with Gasteiger partial charge in [-0.05, 0) is 23.6 Å². The van der Waals surface area contributed by atoms with Crippen LogP contribution in [0.3, 0.4) is 0 Å². The number of benzene rings is 1. The number of aromatic nitrogens is 4. The second kappa shape index (κ2) is 3.18. The Morgan fingerprint density at radius 3 is 2.94 bits per heavy atom. The molecule has 3 aromatic heterocycles. The van der Waals surface area contributed by atoms with Crippen LogP contribution in [0.4, 0.5) is 0 Å². The van der Waals surface area contributed by atoms with E-state index in [0.717, 1.165) is 22.4 Å². The number of aromatic amines is 1. The highest BCUT2D eigenvalue weighted by molar-refractivity contribution is 7.08. The van der Waals surface area contributed by atoms with Gasteiger partial charge in [0.05, 0.1) is 11.0 Å². The molecule has 17 heavy (non-hydrogen) atoms. The highest BCUT2D eigenvalue weighted by Gasteiger charge is 2.10. The van der Waals surface area contributed by atoms with E-state index in [1.807, 2.05) is 40.2 Å². The molecule has 0 saturated heterocycles. The average Bonchev–Trinajstić information content (AvgIpc) is 3.03. The van der Waals surface area contributed by atoms with Crippen molar-refractivity contribution in [2.24, 2.45) is 0 Å². The van der Waals surface area contributed by atoms with Crippen LogP contribution >= 0.6 is 11.3 Å². The van der Waals surface area contributed by atoms with Gasteiger partial charge in [-0.2, -0.15) is 16.3 Å². The predicted octanol–water partition coefficient (Wildman–Crippen LogP) is 2.94. The van der Waals surface area contributed by atoms with Crippen molar-refractivity contribution in [3.05, 3.63) is 41.1 Å². The molecule has 4 nitrogen and oxygen atoms in total. The highest BCUT2D eigenvalue weighted by atomic mass is 32.1. The van der Waals surface area contributed by atoms with Crippen LogP contribution in [0, 0.1) is 0 Å². The van der Waals surface area contributed by atoms with Crippen LogP contribution in [0.15, 0.2) is 41.1 Å². The second-order valence-corrected chi connectivity index (χ2v) is 4.60. The Labute approximate surface area is 101 Å². The van der Waals surface area contributed by atoms with Gasteiger partial charge < -0.3 is 0 Å². The average molecular weight is 240 g/mol. The van der Waals surface area contributed by atoms with Crippen LogP contribution in [-0.4, -0.2) is 19.6 Å². The number of nitrogens with one attached hydrogen (secondary N) is 1. The van der Waals surface area contributed by atoms with E-state index < -0.39 is 0 Å². The lowest BCUT2D eigenvalue weighted by Gasteiger charge is -1.90. The lowest BCUT2D eigenvalue weighted by atomic mass is 10.3. The fourth-order valence-corrected chi connectivity index (χ4v) is 2.60. The van der Waals surface area contributed by atoms with Crippen LogP contribution in [0.1, 0.15) is 0 Å². The van der Waals surface area contributed by atoms with E-state index in [1.165, 1.54) is 0 Å². The van der Waals surface area contributed by atoms with E-state index >= 15 is 0 Å². The summed E-state index contributed by atoms with van der Waals surface area (Å²) < 4.78 is 1.92. The first-order chi connectivity index (χ1) is 8.42. The number of thiophene rings is 1. The Hall–Kier alpha value is -2.14. The molecule has 3 heterocycles. The van der Waals surface area contributed by atoms with Crippen molar-refractivity contribution >= 4 is 28.1 Å². The molecule has 0 fully saturated rings. The van der Waals surface area contributed by atoms with Crippen molar-refractivity contribution in [1.82, 2.24) is 19.6 Å². The number of fused-ring (bicyclic) bond motifs is 3. The molecule has 0 saturated carbocycles. The summed E-state index contributed by atoms with van der Waals surface area (Å²) in [7, 11) is 0. The van der Waals surface area contributed by atoms with Crippen LogP contribution < -0.4 is 0 Å². The normalized spacial score (nSPS) is 11.5. The van der Waals surface area contributed by atoms with Crippen molar-refractivity contribution in [2.75, 3.05) is 0 Å². The minimum Gasteiger partial charge on any atom is -0.274 e. The number of hydrogen-bond acceptors (Lipinski definition) is 3. The fraction of sp³-hybridized carbons (Fsp3) is 0. The monoisotopic (exact) mass is 240 g/mol. The van der Waals surface area contributed by atoms with E-state index in [4.69, 9.17) is 0 Å². The summed E-state index contributed by atoms with van der Waals surface area (Å²) in [5.41, 5.74) is 3.11. The van der Waals surface area contributed by atoms with Gasteiger partial charge in [0.1, 0.15) is 0 Å². The highest BCUT2D eigenvalue weighted by Crippen LogP contribution is 2.21. The van der Waals surface area contributed by atoms with E-state index in [-0.39, 0.29) is 0 Å². The van der Waals surface area contributed by atoms with E-state index in [9.17, 15) is 0 Å². The third-order valence-electron chi connectivity index (χ3n) is 2.77. The summed E-state index contributed by atoms with van der Waals surface area (Å²) in [4.78, 5) is 8.97. The third-order valence-corrected chi connectivity index (χ3v) is 3.45. The largest absolute Gasteiger partial charge is 0.274 e. The molecule has 1 aromatic carbocycles. The Balaban J connectivity index is 2.05. The van der Waals surface area contributed by atoms with Gasteiger partial charge in [0, 0.05) is 10.9 Å². The molecule has 0 spiro atoms. The maximum Gasteiger partial charge on any atom is 0.252 e. The summed E-state index contributed by atoms with van der Waals surface area (Å²) in [5.74, 6) is 1.58. The maximum atomic E-state index is 4.50. The van der Waals surface area contributed by atoms with Gasteiger partial charge in [-0.3, -0.25) is 5.10 Å². The quantitative estimate of drug-likeness (QED) is 0.556. The zero-order valence-corrected chi connectivity index (χ0v) is 9.61. The van der Waals surface area contributed by atoms with Gasteiger partial charge in [-0.15, -0.1) is 0 Å². The lowest BCUT2D eigenvalue weighted by Crippen LogP contribution is -1.83. The Kier molecular flexibility index (Phi) is 1.67. The van der Waals surface area contributed by atoms with Crippen molar-refractivity contribution in [2.45, 2.75) is 0 Å². The van der Waals surface area contributed by atoms with Crippen molar-refractivity contribution < 1.29 is 0 Å². The molecule has 0 unspecified atom stereocenters. The minimum atomic E-state index is 0.715. The van der Waals surface area contributed by atoms with Crippen molar-refractivity contribution in [1.29, 1.82) is 0 Å². The number of para-hydroxylation sites is 2. The number of H-pyrrole nitrogens is 1. The van der Waals surface area contributed by atoms with Crippen LogP contribution in [0.5, 0.6) is 0 Å². The molecule has 0 amide bonds. The molecule has 0 aliphatic rings. The van der Waals surface area contributed by atoms with E-state index in [2.05, 4.69) is 20.4 Å². The van der Waals surface area contributed by atoms with Gasteiger partial charge in [0.2, 0.25) is 0 Å². The fourth-order valence-electron chi connectivity index (χ4n) is 1.96. The zero-order chi connectivity index (χ0) is 11.2. The number of nitrogens with zero attached hydrogens (tertiary/aromatic N) is 3. The van der Waals surface area contributed by atoms with Crippen LogP contribution in [0.2, 0.25) is 0 Å². The van der Waals surface area contributed by atoms with Gasteiger partial charge in [0.25, 0.3) is 5.78 Å². The molecule has 1 N–H and O–H groups in total. The van der Waals surface area contributed by atoms with Gasteiger partial charge in [-0.25, -0.2) is 9.50 Å². The minimum absolute atomic E-state index is 0.715. The molecular weight excluding hydrogens is 232 g/mol. The SMILES string of the molecule is c1ccc2c(c1)nc1nc(-c3ccsc3)[nH]n12. The van der Waals surface area contributed by atoms with Crippen molar-refractivity contribution in [3.8, 4) is 11.4 Å². The molecule has 0 radical (unpaired) electrons. The molecule has 4 aromatic rings. The molecule has 0 aliphatic heterocycles. The number of rotatable bonds is 1. The van der Waals surface area contributed by atoms with Crippen molar-refractivity contribution in [3.63, 3.8) is 0 Å². The van der Waals surface area contributed by atoms with E-state index in [1.54, 1.807) is 11.3 Å². The topological polar surface area (TPSA) is 46.0 Å². The van der Waals surface area contributed by atoms with Crippen LogP contribution in [0.25, 0.3) is 28.2 Å². The number of imidazole rings is 1. The molecule has 0 atom stereocenters. The Bertz CT molecular complexity index is 794. The zero-order valence-electron chi connectivity index (χ0n) is 8.79. The lowest BCUT2D eigenvalue weighted by molar-refractivity contribution is 1.01. The summed E-state index contributed by atoms with van der Waals surface area (Å²) in [5, 5.41) is 7.38. The first-order valence-corrected chi connectivity index (χ1v) is 6.22. The molecule has 0 bridgehead atoms. The molecule has 4 rings (SSSR count). The van der Waals surface area contributed by atoms with Crippen LogP contribution in [-0.2, 0) is 0 Å². The summed E-state index contributed by atoms with van der Waals surface area (Å²) >= 11 is 1.66. The third kappa shape index (κ3) is 1.23. The molecule has 0 aliphatic carbocycles. The molecule has 5 heteroatoms. The number of hydrogen-bond donors (Lipinski definition) is 1. The van der Waals surface area contributed by atoms with E-state index in [0.29, 0.717) is 5.78 Å². The molecular formula is C12H8N4S. The second-order valence-electron chi connectivity index (χ2n) is 3.82. The van der Waals surface area contributed by atoms with Gasteiger partial charge >= 0.3 is 0 Å². The standard InChI is InChI=1S/C12H8N4S/c1-2-4-10-9(3-1)13-12-14-11(15-16(10)12)8-5-6-17-7-8/h1-7H,(H,13,14,15). The molecule has 82 valence electrons. The maximum absolute atomic E-state index is 4.50. The Morgan fingerprint density at radius 1 is 1.12 bits per heavy atom.